The molecule has 1 aliphatic carbocycles. The number of methoxy groups -OCH3 is 1. The zero-order chi connectivity index (χ0) is 12.7. The molecule has 1 aromatic heterocycles. The Morgan fingerprint density at radius 3 is 3.17 bits per heavy atom. The molecular formula is C13H19N3O2. The number of nitrogens with zero attached hydrogens (tertiary/aromatic N) is 1. The molecule has 4 unspecified atom stereocenters. The highest BCUT2D eigenvalue weighted by atomic mass is 16.5. The number of fused-ring (bicyclic) bond motifs is 1. The molecular weight excluding hydrogens is 230 g/mol. The summed E-state index contributed by atoms with van der Waals surface area (Å²) in [5, 5.41) is 3.44. The Morgan fingerprint density at radius 1 is 1.56 bits per heavy atom. The van der Waals surface area contributed by atoms with Crippen LogP contribution in [0.25, 0.3) is 0 Å². The summed E-state index contributed by atoms with van der Waals surface area (Å²) < 4.78 is 11.0. The maximum absolute atomic E-state index is 6.19. The van der Waals surface area contributed by atoms with Crippen LogP contribution in [0, 0.1) is 12.8 Å². The lowest BCUT2D eigenvalue weighted by atomic mass is 9.72. The first-order valence-electron chi connectivity index (χ1n) is 6.35. The van der Waals surface area contributed by atoms with Gasteiger partial charge in [0.15, 0.2) is 5.75 Å². The predicted octanol–water partition coefficient (Wildman–Crippen LogP) is 0.925. The third-order valence-electron chi connectivity index (χ3n) is 3.99. The lowest BCUT2D eigenvalue weighted by molar-refractivity contribution is 0.00531. The zero-order valence-electron chi connectivity index (χ0n) is 10.7. The third-order valence-corrected chi connectivity index (χ3v) is 3.99. The molecule has 0 amide bonds. The normalized spacial score (nSPS) is 33.7. The first-order chi connectivity index (χ1) is 8.70. The Morgan fingerprint density at radius 2 is 2.39 bits per heavy atom. The van der Waals surface area contributed by atoms with Gasteiger partial charge in [-0.05, 0) is 19.4 Å². The molecule has 1 aliphatic heterocycles. The monoisotopic (exact) mass is 249 g/mol. The van der Waals surface area contributed by atoms with Crippen LogP contribution in [0.1, 0.15) is 12.1 Å². The van der Waals surface area contributed by atoms with Crippen LogP contribution in [0.2, 0.25) is 0 Å². The van der Waals surface area contributed by atoms with Gasteiger partial charge in [-0.3, -0.25) is 4.98 Å². The fourth-order valence-corrected chi connectivity index (χ4v) is 2.93. The summed E-state index contributed by atoms with van der Waals surface area (Å²) in [6, 6.07) is 2.32. The van der Waals surface area contributed by atoms with Gasteiger partial charge in [0.1, 0.15) is 0 Å². The van der Waals surface area contributed by atoms with Crippen LogP contribution in [-0.4, -0.2) is 36.9 Å². The molecule has 2 fully saturated rings. The molecule has 1 saturated heterocycles. The molecule has 4 atom stereocenters. The number of nitrogens with one attached hydrogen (secondary N) is 1. The van der Waals surface area contributed by atoms with E-state index < -0.39 is 0 Å². The predicted molar refractivity (Wildman–Crippen MR) is 68.8 cm³/mol. The molecule has 5 heteroatoms. The Hall–Kier alpha value is -1.33. The maximum atomic E-state index is 6.19. The van der Waals surface area contributed by atoms with E-state index in [-0.39, 0.29) is 18.2 Å². The average Bonchev–Trinajstić information content (AvgIpc) is 2.81. The van der Waals surface area contributed by atoms with Crippen molar-refractivity contribution in [1.82, 2.24) is 4.98 Å². The van der Waals surface area contributed by atoms with E-state index in [1.165, 1.54) is 0 Å². The molecule has 0 aromatic carbocycles. The molecule has 1 aromatic rings. The summed E-state index contributed by atoms with van der Waals surface area (Å²) in [6.45, 7) is 2.79. The Balaban J connectivity index is 1.78. The van der Waals surface area contributed by atoms with Crippen LogP contribution >= 0.6 is 0 Å². The van der Waals surface area contributed by atoms with E-state index >= 15 is 0 Å². The van der Waals surface area contributed by atoms with Gasteiger partial charge < -0.3 is 20.5 Å². The molecule has 0 spiro atoms. The second-order valence-corrected chi connectivity index (χ2v) is 5.06. The highest BCUT2D eigenvalue weighted by Crippen LogP contribution is 2.40. The maximum Gasteiger partial charge on any atom is 0.160 e. The van der Waals surface area contributed by atoms with E-state index in [2.05, 4.69) is 10.3 Å². The van der Waals surface area contributed by atoms with Crippen molar-refractivity contribution in [3.05, 3.63) is 18.0 Å². The summed E-state index contributed by atoms with van der Waals surface area (Å²) >= 11 is 0. The van der Waals surface area contributed by atoms with Gasteiger partial charge in [0.25, 0.3) is 0 Å². The Bertz CT molecular complexity index is 452. The summed E-state index contributed by atoms with van der Waals surface area (Å²) in [5.41, 5.74) is 8.08. The Kier molecular flexibility index (Phi) is 2.87. The van der Waals surface area contributed by atoms with E-state index in [0.717, 1.165) is 30.2 Å². The van der Waals surface area contributed by atoms with Crippen LogP contribution in [-0.2, 0) is 4.74 Å². The number of pyridine rings is 1. The highest BCUT2D eigenvalue weighted by molar-refractivity contribution is 5.57. The minimum atomic E-state index is 0.163. The van der Waals surface area contributed by atoms with Crippen LogP contribution in [0.4, 0.5) is 5.69 Å². The van der Waals surface area contributed by atoms with E-state index in [9.17, 15) is 0 Å². The zero-order valence-corrected chi connectivity index (χ0v) is 10.7. The van der Waals surface area contributed by atoms with Gasteiger partial charge in [0.2, 0.25) is 0 Å². The minimum absolute atomic E-state index is 0.163. The molecule has 1 saturated carbocycles. The van der Waals surface area contributed by atoms with Crippen molar-refractivity contribution >= 4 is 5.69 Å². The summed E-state index contributed by atoms with van der Waals surface area (Å²) in [4.78, 5) is 4.22. The van der Waals surface area contributed by atoms with Gasteiger partial charge in [0, 0.05) is 24.3 Å². The van der Waals surface area contributed by atoms with Crippen LogP contribution in [0.15, 0.2) is 12.3 Å². The molecule has 2 heterocycles. The van der Waals surface area contributed by atoms with Gasteiger partial charge in [-0.2, -0.15) is 0 Å². The second-order valence-electron chi connectivity index (χ2n) is 5.06. The van der Waals surface area contributed by atoms with E-state index in [1.807, 2.05) is 13.0 Å². The lowest BCUT2D eigenvalue weighted by Gasteiger charge is -2.46. The first-order valence-corrected chi connectivity index (χ1v) is 6.35. The van der Waals surface area contributed by atoms with Gasteiger partial charge >= 0.3 is 0 Å². The molecule has 0 bridgehead atoms. The number of hydrogen-bond acceptors (Lipinski definition) is 5. The summed E-state index contributed by atoms with van der Waals surface area (Å²) in [5.74, 6) is 1.26. The van der Waals surface area contributed by atoms with Crippen molar-refractivity contribution in [2.75, 3.05) is 19.0 Å². The fraction of sp³-hybridized carbons (Fsp3) is 0.615. The standard InChI is InChI=1S/C13H19N3O2/c1-7-5-9(10(17-2)6-15-7)16-12-11(14)8-3-4-18-13(8)12/h5-6,8,11-13H,3-4,14H2,1-2H3,(H,15,16). The topological polar surface area (TPSA) is 69.4 Å². The minimum Gasteiger partial charge on any atom is -0.493 e. The van der Waals surface area contributed by atoms with Crippen LogP contribution < -0.4 is 15.8 Å². The molecule has 3 N–H and O–H groups in total. The first kappa shape index (κ1) is 11.7. The smallest absolute Gasteiger partial charge is 0.160 e. The highest BCUT2D eigenvalue weighted by Gasteiger charge is 2.52. The van der Waals surface area contributed by atoms with Crippen molar-refractivity contribution in [3.63, 3.8) is 0 Å². The van der Waals surface area contributed by atoms with Crippen molar-refractivity contribution < 1.29 is 9.47 Å². The average molecular weight is 249 g/mol. The number of anilines is 1. The summed E-state index contributed by atoms with van der Waals surface area (Å²) in [6.07, 6.45) is 3.06. The number of nitrogens with two attached hydrogens (primary N) is 1. The molecule has 3 rings (SSSR count). The molecule has 18 heavy (non-hydrogen) atoms. The quantitative estimate of drug-likeness (QED) is 0.834. The van der Waals surface area contributed by atoms with Crippen molar-refractivity contribution in [2.24, 2.45) is 11.7 Å². The van der Waals surface area contributed by atoms with Crippen molar-refractivity contribution in [3.8, 4) is 5.75 Å². The third kappa shape index (κ3) is 1.74. The molecule has 5 nitrogen and oxygen atoms in total. The summed E-state index contributed by atoms with van der Waals surface area (Å²) in [7, 11) is 1.65. The van der Waals surface area contributed by atoms with Crippen LogP contribution in [0.3, 0.4) is 0 Å². The molecule has 0 radical (unpaired) electrons. The number of aromatic nitrogens is 1. The van der Waals surface area contributed by atoms with Gasteiger partial charge in [0.05, 0.1) is 31.1 Å². The van der Waals surface area contributed by atoms with Crippen molar-refractivity contribution in [2.45, 2.75) is 31.5 Å². The SMILES string of the molecule is COc1cnc(C)cc1NC1C(N)C2CCOC21. The second kappa shape index (κ2) is 4.40. The fourth-order valence-electron chi connectivity index (χ4n) is 2.93. The van der Waals surface area contributed by atoms with E-state index in [1.54, 1.807) is 13.3 Å². The lowest BCUT2D eigenvalue weighted by Crippen LogP contribution is -2.65. The van der Waals surface area contributed by atoms with E-state index in [4.69, 9.17) is 15.2 Å². The molecule has 98 valence electrons. The number of hydrogen-bond donors (Lipinski definition) is 2. The van der Waals surface area contributed by atoms with E-state index in [0.29, 0.717) is 5.92 Å². The van der Waals surface area contributed by atoms with Gasteiger partial charge in [-0.25, -0.2) is 0 Å². The number of aryl methyl sites for hydroxylation is 1. The largest absolute Gasteiger partial charge is 0.493 e. The number of rotatable bonds is 3. The van der Waals surface area contributed by atoms with Crippen molar-refractivity contribution in [1.29, 1.82) is 0 Å². The molecule has 2 aliphatic rings. The van der Waals surface area contributed by atoms with Crippen LogP contribution in [0.5, 0.6) is 5.75 Å². The number of ether oxygens (including phenoxy) is 2. The Labute approximate surface area is 107 Å². The van der Waals surface area contributed by atoms with Gasteiger partial charge in [-0.1, -0.05) is 0 Å². The van der Waals surface area contributed by atoms with Gasteiger partial charge in [-0.15, -0.1) is 0 Å².